The Morgan fingerprint density at radius 2 is 1.83 bits per heavy atom. The third kappa shape index (κ3) is 3.00. The molecule has 0 fully saturated rings. The predicted molar refractivity (Wildman–Crippen MR) is 76.6 cm³/mol. The van der Waals surface area contributed by atoms with Crippen molar-refractivity contribution in [2.45, 2.75) is 19.9 Å². The van der Waals surface area contributed by atoms with Crippen LogP contribution >= 0.6 is 0 Å². The smallest absolute Gasteiger partial charge is 0.123 e. The van der Waals surface area contributed by atoms with Crippen molar-refractivity contribution in [2.24, 2.45) is 0 Å². The van der Waals surface area contributed by atoms with Gasteiger partial charge in [0.25, 0.3) is 0 Å². The lowest BCUT2D eigenvalue weighted by Crippen LogP contribution is -2.17. The summed E-state index contributed by atoms with van der Waals surface area (Å²) in [4.78, 5) is 6.48. The molecule has 2 N–H and O–H groups in total. The molecular formula is C15H19N3. The summed E-state index contributed by atoms with van der Waals surface area (Å²) in [5.74, 6) is 0.572. The van der Waals surface area contributed by atoms with Gasteiger partial charge in [-0.15, -0.1) is 0 Å². The van der Waals surface area contributed by atoms with Gasteiger partial charge in [0.05, 0.1) is 12.2 Å². The fraction of sp³-hybridized carbons (Fsp3) is 0.267. The van der Waals surface area contributed by atoms with Crippen LogP contribution < -0.4 is 10.6 Å². The largest absolute Gasteiger partial charge is 0.384 e. The fourth-order valence-electron chi connectivity index (χ4n) is 1.91. The first-order valence-corrected chi connectivity index (χ1v) is 6.20. The average Bonchev–Trinajstić information content (AvgIpc) is 2.39. The van der Waals surface area contributed by atoms with Crippen LogP contribution in [0, 0.1) is 0 Å². The van der Waals surface area contributed by atoms with Crippen molar-refractivity contribution in [3.63, 3.8) is 0 Å². The molecule has 0 saturated carbocycles. The van der Waals surface area contributed by atoms with Crippen LogP contribution in [0.4, 0.5) is 11.5 Å². The average molecular weight is 241 g/mol. The van der Waals surface area contributed by atoms with Crippen molar-refractivity contribution < 1.29 is 0 Å². The van der Waals surface area contributed by atoms with E-state index in [-0.39, 0.29) is 0 Å². The van der Waals surface area contributed by atoms with E-state index >= 15 is 0 Å². The van der Waals surface area contributed by atoms with Gasteiger partial charge in [0.1, 0.15) is 5.82 Å². The van der Waals surface area contributed by atoms with Crippen LogP contribution in [0.15, 0.2) is 42.5 Å². The number of nitrogen functional groups attached to an aromatic ring is 1. The van der Waals surface area contributed by atoms with E-state index in [0.717, 1.165) is 18.7 Å². The van der Waals surface area contributed by atoms with Gasteiger partial charge in [-0.3, -0.25) is 0 Å². The summed E-state index contributed by atoms with van der Waals surface area (Å²) in [5, 5.41) is 0. The maximum atomic E-state index is 5.68. The maximum Gasteiger partial charge on any atom is 0.123 e. The molecule has 0 amide bonds. The van der Waals surface area contributed by atoms with E-state index in [0.29, 0.717) is 5.82 Å². The minimum atomic E-state index is 0.572. The van der Waals surface area contributed by atoms with Gasteiger partial charge in [-0.2, -0.15) is 0 Å². The third-order valence-corrected chi connectivity index (χ3v) is 3.01. The summed E-state index contributed by atoms with van der Waals surface area (Å²) >= 11 is 0. The van der Waals surface area contributed by atoms with Crippen molar-refractivity contribution >= 4 is 11.5 Å². The Morgan fingerprint density at radius 1 is 1.11 bits per heavy atom. The Hall–Kier alpha value is -2.03. The zero-order valence-corrected chi connectivity index (χ0v) is 10.9. The number of nitrogens with zero attached hydrogens (tertiary/aromatic N) is 2. The summed E-state index contributed by atoms with van der Waals surface area (Å²) in [6, 6.07) is 14.4. The van der Waals surface area contributed by atoms with Gasteiger partial charge in [0.15, 0.2) is 0 Å². The number of hydrogen-bond acceptors (Lipinski definition) is 3. The zero-order chi connectivity index (χ0) is 13.0. The van der Waals surface area contributed by atoms with Crippen molar-refractivity contribution in [1.82, 2.24) is 4.98 Å². The van der Waals surface area contributed by atoms with Gasteiger partial charge in [0, 0.05) is 12.7 Å². The molecule has 94 valence electrons. The molecule has 0 saturated heterocycles. The number of aryl methyl sites for hydroxylation is 1. The first-order valence-electron chi connectivity index (χ1n) is 6.20. The molecular weight excluding hydrogens is 222 g/mol. The molecule has 0 radical (unpaired) electrons. The number of hydrogen-bond donors (Lipinski definition) is 1. The monoisotopic (exact) mass is 241 g/mol. The van der Waals surface area contributed by atoms with Crippen LogP contribution in [0.1, 0.15) is 18.2 Å². The number of aromatic nitrogens is 1. The Morgan fingerprint density at radius 3 is 2.44 bits per heavy atom. The Balaban J connectivity index is 2.09. The highest BCUT2D eigenvalue weighted by atomic mass is 15.1. The molecule has 0 spiro atoms. The van der Waals surface area contributed by atoms with Gasteiger partial charge in [0.2, 0.25) is 0 Å². The van der Waals surface area contributed by atoms with E-state index in [1.54, 1.807) is 6.07 Å². The molecule has 1 aromatic heterocycles. The molecule has 3 nitrogen and oxygen atoms in total. The summed E-state index contributed by atoms with van der Waals surface area (Å²) in [6.45, 7) is 2.92. The normalized spacial score (nSPS) is 10.3. The van der Waals surface area contributed by atoms with Crippen LogP contribution in [0.25, 0.3) is 0 Å². The number of anilines is 2. The van der Waals surface area contributed by atoms with Gasteiger partial charge in [-0.1, -0.05) is 25.1 Å². The van der Waals surface area contributed by atoms with Crippen molar-refractivity contribution in [2.75, 3.05) is 17.7 Å². The molecule has 0 unspecified atom stereocenters. The lowest BCUT2D eigenvalue weighted by Gasteiger charge is -2.19. The molecule has 0 bridgehead atoms. The quantitative estimate of drug-likeness (QED) is 0.895. The summed E-state index contributed by atoms with van der Waals surface area (Å²) in [5.41, 5.74) is 9.21. The second-order valence-electron chi connectivity index (χ2n) is 4.43. The molecule has 2 rings (SSSR count). The third-order valence-electron chi connectivity index (χ3n) is 3.01. The summed E-state index contributed by atoms with van der Waals surface area (Å²) < 4.78 is 0. The number of benzene rings is 1. The van der Waals surface area contributed by atoms with E-state index in [1.807, 2.05) is 12.1 Å². The zero-order valence-electron chi connectivity index (χ0n) is 10.9. The predicted octanol–water partition coefficient (Wildman–Crippen LogP) is 2.86. The van der Waals surface area contributed by atoms with Gasteiger partial charge < -0.3 is 10.6 Å². The Labute approximate surface area is 108 Å². The SMILES string of the molecule is CCc1ccc(N(C)Cc2cccc(N)n2)cc1. The van der Waals surface area contributed by atoms with E-state index in [1.165, 1.54) is 11.3 Å². The van der Waals surface area contributed by atoms with Gasteiger partial charge in [-0.05, 0) is 36.2 Å². The number of pyridine rings is 1. The summed E-state index contributed by atoms with van der Waals surface area (Å²) in [7, 11) is 2.06. The summed E-state index contributed by atoms with van der Waals surface area (Å²) in [6.07, 6.45) is 1.07. The van der Waals surface area contributed by atoms with E-state index < -0.39 is 0 Å². The highest BCUT2D eigenvalue weighted by Gasteiger charge is 2.03. The minimum Gasteiger partial charge on any atom is -0.384 e. The minimum absolute atomic E-state index is 0.572. The van der Waals surface area contributed by atoms with Crippen LogP contribution in [0.5, 0.6) is 0 Å². The van der Waals surface area contributed by atoms with E-state index in [9.17, 15) is 0 Å². The van der Waals surface area contributed by atoms with E-state index in [2.05, 4.69) is 48.1 Å². The first kappa shape index (κ1) is 12.4. The Bertz CT molecular complexity index is 505. The second kappa shape index (κ2) is 5.54. The van der Waals surface area contributed by atoms with Crippen molar-refractivity contribution in [1.29, 1.82) is 0 Å². The molecule has 0 aliphatic carbocycles. The van der Waals surface area contributed by atoms with Gasteiger partial charge in [-0.25, -0.2) is 4.98 Å². The van der Waals surface area contributed by atoms with Crippen molar-refractivity contribution in [3.8, 4) is 0 Å². The highest BCUT2D eigenvalue weighted by molar-refractivity contribution is 5.47. The molecule has 2 aromatic rings. The lowest BCUT2D eigenvalue weighted by molar-refractivity contribution is 0.886. The second-order valence-corrected chi connectivity index (χ2v) is 4.43. The van der Waals surface area contributed by atoms with Crippen LogP contribution in [-0.4, -0.2) is 12.0 Å². The molecule has 18 heavy (non-hydrogen) atoms. The van der Waals surface area contributed by atoms with Gasteiger partial charge >= 0.3 is 0 Å². The molecule has 0 aliphatic heterocycles. The standard InChI is InChI=1S/C15H19N3/c1-3-12-7-9-14(10-8-12)18(2)11-13-5-4-6-15(16)17-13/h4-10H,3,11H2,1-2H3,(H2,16,17). The number of nitrogens with two attached hydrogens (primary N) is 1. The van der Waals surface area contributed by atoms with Crippen LogP contribution in [0.2, 0.25) is 0 Å². The molecule has 0 aliphatic rings. The lowest BCUT2D eigenvalue weighted by atomic mass is 10.1. The van der Waals surface area contributed by atoms with Crippen LogP contribution in [-0.2, 0) is 13.0 Å². The van der Waals surface area contributed by atoms with Crippen LogP contribution in [0.3, 0.4) is 0 Å². The fourth-order valence-corrected chi connectivity index (χ4v) is 1.91. The number of rotatable bonds is 4. The maximum absolute atomic E-state index is 5.68. The molecule has 1 heterocycles. The van der Waals surface area contributed by atoms with Crippen molar-refractivity contribution in [3.05, 3.63) is 53.7 Å². The Kier molecular flexibility index (Phi) is 3.82. The molecule has 3 heteroatoms. The first-order chi connectivity index (χ1) is 8.69. The van der Waals surface area contributed by atoms with E-state index in [4.69, 9.17) is 5.73 Å². The molecule has 0 atom stereocenters. The highest BCUT2D eigenvalue weighted by Crippen LogP contribution is 2.16. The topological polar surface area (TPSA) is 42.1 Å². The molecule has 1 aromatic carbocycles.